The van der Waals surface area contributed by atoms with Crippen LogP contribution in [0, 0.1) is 6.92 Å². The summed E-state index contributed by atoms with van der Waals surface area (Å²) >= 11 is 0. The number of benzene rings is 4. The molecule has 0 bridgehead atoms. The number of ether oxygens (including phenoxy) is 1. The fourth-order valence-electron chi connectivity index (χ4n) is 4.09. The monoisotopic (exact) mass is 408 g/mol. The molecule has 0 unspecified atom stereocenters. The molecule has 2 nitrogen and oxygen atoms in total. The average molecular weight is 409 g/mol. The van der Waals surface area contributed by atoms with Crippen molar-refractivity contribution in [3.63, 3.8) is 0 Å². The van der Waals surface area contributed by atoms with Crippen LogP contribution in [0.3, 0.4) is 0 Å². The number of esters is 1. The first-order valence-electron chi connectivity index (χ1n) is 10.6. The van der Waals surface area contributed by atoms with E-state index in [4.69, 9.17) is 4.74 Å². The molecule has 0 N–H and O–H groups in total. The number of methoxy groups -OCH3 is 1. The first-order chi connectivity index (χ1) is 14.8. The first kappa shape index (κ1) is 20.9. The van der Waals surface area contributed by atoms with E-state index in [0.29, 0.717) is 5.56 Å². The van der Waals surface area contributed by atoms with Crippen molar-refractivity contribution in [2.24, 2.45) is 0 Å². The van der Waals surface area contributed by atoms with Crippen molar-refractivity contribution in [1.29, 1.82) is 0 Å². The second-order valence-electron chi connectivity index (χ2n) is 9.09. The smallest absolute Gasteiger partial charge is 0.337 e. The summed E-state index contributed by atoms with van der Waals surface area (Å²) in [7, 11) is 1.41. The summed E-state index contributed by atoms with van der Waals surface area (Å²) in [5, 5.41) is 2.44. The number of fused-ring (bicyclic) bond motifs is 1. The van der Waals surface area contributed by atoms with E-state index < -0.39 is 0 Å². The largest absolute Gasteiger partial charge is 0.465 e. The summed E-state index contributed by atoms with van der Waals surface area (Å²) in [4.78, 5) is 11.8. The Labute approximate surface area is 184 Å². The molecule has 0 aliphatic carbocycles. The van der Waals surface area contributed by atoms with Crippen LogP contribution in [0.15, 0.2) is 78.9 Å². The molecule has 4 rings (SSSR count). The molecule has 31 heavy (non-hydrogen) atoms. The van der Waals surface area contributed by atoms with Gasteiger partial charge in [0.2, 0.25) is 0 Å². The molecule has 4 aromatic rings. The van der Waals surface area contributed by atoms with Gasteiger partial charge in [-0.1, -0.05) is 81.4 Å². The van der Waals surface area contributed by atoms with Gasteiger partial charge in [-0.05, 0) is 74.7 Å². The van der Waals surface area contributed by atoms with E-state index in [9.17, 15) is 4.79 Å². The molecule has 0 spiro atoms. The zero-order chi connectivity index (χ0) is 22.2. The quantitative estimate of drug-likeness (QED) is 0.327. The normalized spacial score (nSPS) is 11.5. The van der Waals surface area contributed by atoms with Gasteiger partial charge < -0.3 is 4.74 Å². The number of carbonyl (C=O) groups is 1. The van der Waals surface area contributed by atoms with Crippen LogP contribution in [0.5, 0.6) is 0 Å². The predicted molar refractivity (Wildman–Crippen MR) is 130 cm³/mol. The van der Waals surface area contributed by atoms with E-state index in [1.54, 1.807) is 0 Å². The Morgan fingerprint density at radius 3 is 2.13 bits per heavy atom. The highest BCUT2D eigenvalue weighted by Crippen LogP contribution is 2.34. The zero-order valence-electron chi connectivity index (χ0n) is 18.8. The molecule has 2 heteroatoms. The highest BCUT2D eigenvalue weighted by Gasteiger charge is 2.14. The molecule has 0 radical (unpaired) electrons. The zero-order valence-corrected chi connectivity index (χ0v) is 18.8. The molecule has 0 saturated carbocycles. The van der Waals surface area contributed by atoms with Crippen LogP contribution in [0.4, 0.5) is 0 Å². The third kappa shape index (κ3) is 4.11. The number of hydrogen-bond donors (Lipinski definition) is 0. The Hall–Kier alpha value is -3.39. The van der Waals surface area contributed by atoms with Gasteiger partial charge >= 0.3 is 5.97 Å². The fraction of sp³-hybridized carbons (Fsp3) is 0.207. The molecular weight excluding hydrogens is 380 g/mol. The van der Waals surface area contributed by atoms with Gasteiger partial charge in [-0.3, -0.25) is 0 Å². The van der Waals surface area contributed by atoms with Gasteiger partial charge in [0.15, 0.2) is 0 Å². The molecule has 0 atom stereocenters. The number of rotatable bonds is 3. The average Bonchev–Trinajstić information content (AvgIpc) is 2.77. The second kappa shape index (κ2) is 8.03. The van der Waals surface area contributed by atoms with E-state index in [-0.39, 0.29) is 11.4 Å². The molecular formula is C29H28O2. The maximum absolute atomic E-state index is 11.8. The minimum atomic E-state index is -0.310. The molecule has 0 amide bonds. The lowest BCUT2D eigenvalue weighted by atomic mass is 9.86. The fourth-order valence-corrected chi connectivity index (χ4v) is 4.09. The van der Waals surface area contributed by atoms with Gasteiger partial charge in [-0.25, -0.2) is 4.79 Å². The third-order valence-corrected chi connectivity index (χ3v) is 5.90. The minimum Gasteiger partial charge on any atom is -0.465 e. The summed E-state index contributed by atoms with van der Waals surface area (Å²) < 4.78 is 4.84. The Balaban J connectivity index is 1.75. The van der Waals surface area contributed by atoms with Crippen LogP contribution in [-0.2, 0) is 10.2 Å². The van der Waals surface area contributed by atoms with E-state index in [0.717, 1.165) is 16.7 Å². The minimum absolute atomic E-state index is 0.146. The van der Waals surface area contributed by atoms with E-state index in [1.165, 1.54) is 34.6 Å². The topological polar surface area (TPSA) is 26.3 Å². The van der Waals surface area contributed by atoms with Crippen LogP contribution >= 0.6 is 0 Å². The summed E-state index contributed by atoms with van der Waals surface area (Å²) in [6.45, 7) is 8.74. The predicted octanol–water partition coefficient (Wildman–Crippen LogP) is 7.57. The number of carbonyl (C=O) groups excluding carboxylic acids is 1. The lowest BCUT2D eigenvalue weighted by Crippen LogP contribution is -2.10. The van der Waals surface area contributed by atoms with E-state index in [1.807, 2.05) is 25.1 Å². The van der Waals surface area contributed by atoms with Gasteiger partial charge in [0, 0.05) is 0 Å². The Bertz CT molecular complexity index is 1260. The SMILES string of the molecule is COC(=O)c1ccc(-c2ccc3c(-c4ccc(C(C)(C)C)cc4)cccc3c2)c(C)c1. The van der Waals surface area contributed by atoms with Crippen LogP contribution in [0.25, 0.3) is 33.0 Å². The van der Waals surface area contributed by atoms with Crippen LogP contribution in [0.2, 0.25) is 0 Å². The third-order valence-electron chi connectivity index (χ3n) is 5.90. The second-order valence-corrected chi connectivity index (χ2v) is 9.09. The van der Waals surface area contributed by atoms with Crippen LogP contribution in [-0.4, -0.2) is 13.1 Å². The van der Waals surface area contributed by atoms with Crippen molar-refractivity contribution in [3.05, 3.63) is 95.6 Å². The van der Waals surface area contributed by atoms with Crippen molar-refractivity contribution >= 4 is 16.7 Å². The van der Waals surface area contributed by atoms with Gasteiger partial charge in [-0.2, -0.15) is 0 Å². The Kier molecular flexibility index (Phi) is 5.41. The highest BCUT2D eigenvalue weighted by atomic mass is 16.5. The first-order valence-corrected chi connectivity index (χ1v) is 10.6. The molecule has 4 aromatic carbocycles. The van der Waals surface area contributed by atoms with Crippen molar-refractivity contribution in [3.8, 4) is 22.3 Å². The van der Waals surface area contributed by atoms with Gasteiger partial charge in [0.1, 0.15) is 0 Å². The Morgan fingerprint density at radius 1 is 0.774 bits per heavy atom. The lowest BCUT2D eigenvalue weighted by molar-refractivity contribution is 0.0600. The van der Waals surface area contributed by atoms with Crippen LogP contribution < -0.4 is 0 Å². The van der Waals surface area contributed by atoms with Gasteiger partial charge in [0.05, 0.1) is 12.7 Å². The molecule has 0 aromatic heterocycles. The van der Waals surface area contributed by atoms with E-state index >= 15 is 0 Å². The highest BCUT2D eigenvalue weighted by molar-refractivity contribution is 5.99. The molecule has 0 aliphatic heterocycles. The summed E-state index contributed by atoms with van der Waals surface area (Å²) in [6, 6.07) is 27.7. The van der Waals surface area contributed by atoms with E-state index in [2.05, 4.69) is 81.4 Å². The molecule has 0 aliphatic rings. The standard InChI is InChI=1S/C29H28O2/c1-19-17-23(28(30)31-5)12-15-25(19)22-11-16-27-21(18-22)7-6-8-26(27)20-9-13-24(14-10-20)29(2,3)4/h6-18H,1-5H3. The number of hydrogen-bond acceptors (Lipinski definition) is 2. The van der Waals surface area contributed by atoms with Crippen LogP contribution in [0.1, 0.15) is 42.3 Å². The molecule has 156 valence electrons. The maximum Gasteiger partial charge on any atom is 0.337 e. The summed E-state index contributed by atoms with van der Waals surface area (Å²) in [6.07, 6.45) is 0. The molecule has 0 fully saturated rings. The van der Waals surface area contributed by atoms with Crippen molar-refractivity contribution in [2.45, 2.75) is 33.1 Å². The van der Waals surface area contributed by atoms with Gasteiger partial charge in [-0.15, -0.1) is 0 Å². The Morgan fingerprint density at radius 2 is 1.48 bits per heavy atom. The number of aryl methyl sites for hydroxylation is 1. The van der Waals surface area contributed by atoms with Gasteiger partial charge in [0.25, 0.3) is 0 Å². The lowest BCUT2D eigenvalue weighted by Gasteiger charge is -2.19. The summed E-state index contributed by atoms with van der Waals surface area (Å²) in [5.74, 6) is -0.310. The summed E-state index contributed by atoms with van der Waals surface area (Å²) in [5.41, 5.74) is 7.84. The van der Waals surface area contributed by atoms with Crippen molar-refractivity contribution < 1.29 is 9.53 Å². The van der Waals surface area contributed by atoms with Crippen molar-refractivity contribution in [1.82, 2.24) is 0 Å². The maximum atomic E-state index is 11.8. The molecule has 0 heterocycles. The van der Waals surface area contributed by atoms with Crippen molar-refractivity contribution in [2.75, 3.05) is 7.11 Å². The molecule has 0 saturated heterocycles.